The summed E-state index contributed by atoms with van der Waals surface area (Å²) in [7, 11) is -2.15. The molecule has 0 N–H and O–H groups in total. The standard InChI is InChI=1S/C9H11N3O3S/c13-12(14)8-3-4-9(10-7-8)11-16(15)5-1-2-6-16/h3-4,7H,1-2,5-6H2. The average molecular weight is 241 g/mol. The lowest BCUT2D eigenvalue weighted by Gasteiger charge is -1.98. The molecule has 0 atom stereocenters. The molecular weight excluding hydrogens is 230 g/mol. The van der Waals surface area contributed by atoms with Crippen LogP contribution in [0.5, 0.6) is 0 Å². The van der Waals surface area contributed by atoms with Crippen LogP contribution in [0.3, 0.4) is 0 Å². The molecule has 1 aliphatic heterocycles. The van der Waals surface area contributed by atoms with Crippen molar-refractivity contribution in [3.05, 3.63) is 28.4 Å². The average Bonchev–Trinajstić information content (AvgIpc) is 2.65. The van der Waals surface area contributed by atoms with Crippen molar-refractivity contribution in [2.75, 3.05) is 11.5 Å². The SMILES string of the molecule is O=[N+]([O-])c1ccc(N=S2(=O)CCCC2)nc1. The molecule has 0 aromatic carbocycles. The molecule has 1 aromatic heterocycles. The van der Waals surface area contributed by atoms with Gasteiger partial charge in [0, 0.05) is 17.6 Å². The van der Waals surface area contributed by atoms with Crippen molar-refractivity contribution in [2.45, 2.75) is 12.8 Å². The Balaban J connectivity index is 2.29. The molecule has 2 heterocycles. The van der Waals surface area contributed by atoms with Crippen LogP contribution in [0.2, 0.25) is 0 Å². The summed E-state index contributed by atoms with van der Waals surface area (Å²) in [6.07, 6.45) is 2.99. The molecule has 1 aliphatic rings. The van der Waals surface area contributed by atoms with Crippen LogP contribution in [-0.4, -0.2) is 25.6 Å². The van der Waals surface area contributed by atoms with Crippen molar-refractivity contribution in [2.24, 2.45) is 4.36 Å². The highest BCUT2D eigenvalue weighted by atomic mass is 32.2. The largest absolute Gasteiger partial charge is 0.287 e. The first-order chi connectivity index (χ1) is 7.59. The van der Waals surface area contributed by atoms with Crippen LogP contribution >= 0.6 is 0 Å². The van der Waals surface area contributed by atoms with E-state index in [0.717, 1.165) is 19.0 Å². The molecule has 0 aliphatic carbocycles. The fourth-order valence-corrected chi connectivity index (χ4v) is 3.71. The van der Waals surface area contributed by atoms with Gasteiger partial charge in [0.15, 0.2) is 5.82 Å². The first-order valence-corrected chi connectivity index (χ1v) is 6.77. The predicted octanol–water partition coefficient (Wildman–Crippen LogP) is 1.88. The van der Waals surface area contributed by atoms with Gasteiger partial charge in [0.2, 0.25) is 0 Å². The zero-order valence-electron chi connectivity index (χ0n) is 8.54. The van der Waals surface area contributed by atoms with Gasteiger partial charge in [-0.1, -0.05) is 0 Å². The Kier molecular flexibility index (Phi) is 2.86. The number of hydrogen-bond donors (Lipinski definition) is 0. The van der Waals surface area contributed by atoms with Crippen molar-refractivity contribution < 1.29 is 9.13 Å². The third-order valence-corrected chi connectivity index (χ3v) is 4.75. The predicted molar refractivity (Wildman–Crippen MR) is 60.1 cm³/mol. The highest BCUT2D eigenvalue weighted by Crippen LogP contribution is 2.20. The van der Waals surface area contributed by atoms with E-state index in [1.54, 1.807) is 0 Å². The quantitative estimate of drug-likeness (QED) is 0.584. The lowest BCUT2D eigenvalue weighted by molar-refractivity contribution is -0.385. The molecule has 1 fully saturated rings. The van der Waals surface area contributed by atoms with Gasteiger partial charge in [-0.15, -0.1) is 0 Å². The second-order valence-corrected chi connectivity index (χ2v) is 6.16. The number of pyridine rings is 1. The maximum atomic E-state index is 12.0. The fraction of sp³-hybridized carbons (Fsp3) is 0.444. The van der Waals surface area contributed by atoms with E-state index in [1.807, 2.05) is 0 Å². The molecule has 0 bridgehead atoms. The number of rotatable bonds is 2. The normalized spacial score (nSPS) is 18.2. The molecule has 1 saturated heterocycles. The van der Waals surface area contributed by atoms with E-state index in [9.17, 15) is 14.3 Å². The Hall–Kier alpha value is -1.50. The Bertz CT molecular complexity index is 505. The van der Waals surface area contributed by atoms with Crippen molar-refractivity contribution in [3.63, 3.8) is 0 Å². The van der Waals surface area contributed by atoms with Crippen LogP contribution in [0, 0.1) is 10.1 Å². The van der Waals surface area contributed by atoms with Gasteiger partial charge in [-0.2, -0.15) is 4.36 Å². The van der Waals surface area contributed by atoms with E-state index >= 15 is 0 Å². The third kappa shape index (κ3) is 2.35. The van der Waals surface area contributed by atoms with Crippen LogP contribution in [0.15, 0.2) is 22.7 Å². The van der Waals surface area contributed by atoms with Gasteiger partial charge >= 0.3 is 0 Å². The Morgan fingerprint density at radius 3 is 2.56 bits per heavy atom. The van der Waals surface area contributed by atoms with E-state index in [2.05, 4.69) is 9.35 Å². The lowest BCUT2D eigenvalue weighted by Crippen LogP contribution is -1.99. The van der Waals surface area contributed by atoms with Crippen molar-refractivity contribution in [1.82, 2.24) is 4.98 Å². The molecule has 86 valence electrons. The molecule has 2 rings (SSSR count). The molecule has 7 heteroatoms. The Labute approximate surface area is 93.0 Å². The first-order valence-electron chi connectivity index (χ1n) is 4.92. The molecular formula is C9H11N3O3S. The number of hydrogen-bond acceptors (Lipinski definition) is 5. The summed E-state index contributed by atoms with van der Waals surface area (Å²) in [5.41, 5.74) is -0.0830. The topological polar surface area (TPSA) is 85.5 Å². The van der Waals surface area contributed by atoms with Gasteiger partial charge in [0.25, 0.3) is 5.69 Å². The second kappa shape index (κ2) is 4.17. The van der Waals surface area contributed by atoms with Crippen LogP contribution in [0.4, 0.5) is 11.5 Å². The van der Waals surface area contributed by atoms with E-state index in [4.69, 9.17) is 0 Å². The van der Waals surface area contributed by atoms with Gasteiger partial charge in [-0.3, -0.25) is 10.1 Å². The van der Waals surface area contributed by atoms with Gasteiger partial charge in [0.1, 0.15) is 6.20 Å². The van der Waals surface area contributed by atoms with E-state index in [0.29, 0.717) is 17.3 Å². The molecule has 0 unspecified atom stereocenters. The highest BCUT2D eigenvalue weighted by molar-refractivity contribution is 7.93. The van der Waals surface area contributed by atoms with E-state index < -0.39 is 14.7 Å². The van der Waals surface area contributed by atoms with E-state index in [1.165, 1.54) is 12.1 Å². The molecule has 0 saturated carbocycles. The summed E-state index contributed by atoms with van der Waals surface area (Å²) in [5, 5.41) is 10.4. The molecule has 6 nitrogen and oxygen atoms in total. The van der Waals surface area contributed by atoms with Crippen LogP contribution < -0.4 is 0 Å². The summed E-state index contributed by atoms with van der Waals surface area (Å²) < 4.78 is 16.1. The Morgan fingerprint density at radius 2 is 2.06 bits per heavy atom. The summed E-state index contributed by atoms with van der Waals surface area (Å²) in [5.74, 6) is 1.52. The summed E-state index contributed by atoms with van der Waals surface area (Å²) in [6.45, 7) is 0. The zero-order valence-corrected chi connectivity index (χ0v) is 9.35. The number of nitrogens with zero attached hydrogens (tertiary/aromatic N) is 3. The molecule has 0 amide bonds. The molecule has 1 aromatic rings. The maximum Gasteiger partial charge on any atom is 0.287 e. The van der Waals surface area contributed by atoms with Crippen LogP contribution in [0.1, 0.15) is 12.8 Å². The Morgan fingerprint density at radius 1 is 1.38 bits per heavy atom. The van der Waals surface area contributed by atoms with Gasteiger partial charge in [-0.05, 0) is 18.9 Å². The summed E-state index contributed by atoms with van der Waals surface area (Å²) >= 11 is 0. The highest BCUT2D eigenvalue weighted by Gasteiger charge is 2.16. The number of nitro groups is 1. The molecule has 0 spiro atoms. The van der Waals surface area contributed by atoms with Crippen LogP contribution in [-0.2, 0) is 9.73 Å². The minimum Gasteiger partial charge on any atom is -0.258 e. The zero-order chi connectivity index (χ0) is 11.6. The van der Waals surface area contributed by atoms with Crippen molar-refractivity contribution in [1.29, 1.82) is 0 Å². The monoisotopic (exact) mass is 241 g/mol. The summed E-state index contributed by atoms with van der Waals surface area (Å²) in [6, 6.07) is 2.76. The van der Waals surface area contributed by atoms with Gasteiger partial charge < -0.3 is 0 Å². The van der Waals surface area contributed by atoms with Crippen molar-refractivity contribution in [3.8, 4) is 0 Å². The van der Waals surface area contributed by atoms with Gasteiger partial charge in [-0.25, -0.2) is 9.19 Å². The third-order valence-electron chi connectivity index (χ3n) is 2.38. The van der Waals surface area contributed by atoms with Crippen LogP contribution in [0.25, 0.3) is 0 Å². The maximum absolute atomic E-state index is 12.0. The minimum absolute atomic E-state index is 0.0830. The van der Waals surface area contributed by atoms with E-state index in [-0.39, 0.29) is 5.69 Å². The van der Waals surface area contributed by atoms with Gasteiger partial charge in [0.05, 0.1) is 14.7 Å². The molecule has 0 radical (unpaired) electrons. The molecule has 16 heavy (non-hydrogen) atoms. The first kappa shape index (κ1) is 11.0. The van der Waals surface area contributed by atoms with Crippen molar-refractivity contribution >= 4 is 21.2 Å². The lowest BCUT2D eigenvalue weighted by atomic mass is 10.4. The minimum atomic E-state index is -2.15. The fourth-order valence-electron chi connectivity index (χ4n) is 1.56. The summed E-state index contributed by atoms with van der Waals surface area (Å²) in [4.78, 5) is 13.7. The second-order valence-electron chi connectivity index (χ2n) is 3.61. The smallest absolute Gasteiger partial charge is 0.258 e. The number of aromatic nitrogens is 1.